The Labute approximate surface area is 112 Å². The number of nitrogens with zero attached hydrogens (tertiary/aromatic N) is 1. The molecular weight excluding hydrogens is 250 g/mol. The zero-order valence-corrected chi connectivity index (χ0v) is 11.2. The van der Waals surface area contributed by atoms with Gasteiger partial charge < -0.3 is 11.1 Å². The van der Waals surface area contributed by atoms with Crippen LogP contribution in [0.1, 0.15) is 18.4 Å². The molecule has 0 bridgehead atoms. The van der Waals surface area contributed by atoms with Crippen LogP contribution < -0.4 is 11.1 Å². The van der Waals surface area contributed by atoms with E-state index in [1.165, 1.54) is 0 Å². The number of rotatable bonds is 3. The van der Waals surface area contributed by atoms with Crippen LogP contribution in [0.5, 0.6) is 0 Å². The molecule has 18 heavy (non-hydrogen) atoms. The summed E-state index contributed by atoms with van der Waals surface area (Å²) in [7, 11) is 1.67. The predicted octanol–water partition coefficient (Wildman–Crippen LogP) is 1.63. The highest BCUT2D eigenvalue weighted by Gasteiger charge is 2.30. The van der Waals surface area contributed by atoms with E-state index in [1.807, 2.05) is 12.1 Å². The SMILES string of the molecule is CNC(=O)C1CCCN1Cc1cc(Cl)ccc1N. The Morgan fingerprint density at radius 3 is 3.11 bits per heavy atom. The Kier molecular flexibility index (Phi) is 4.09. The summed E-state index contributed by atoms with van der Waals surface area (Å²) < 4.78 is 0. The first-order valence-corrected chi connectivity index (χ1v) is 6.49. The van der Waals surface area contributed by atoms with Gasteiger partial charge in [0.1, 0.15) is 0 Å². The van der Waals surface area contributed by atoms with E-state index in [1.54, 1.807) is 13.1 Å². The molecule has 1 fully saturated rings. The van der Waals surface area contributed by atoms with Crippen molar-refractivity contribution < 1.29 is 4.79 Å². The Bertz CT molecular complexity index is 450. The number of hydrogen-bond acceptors (Lipinski definition) is 3. The molecule has 0 spiro atoms. The van der Waals surface area contributed by atoms with Gasteiger partial charge in [-0.1, -0.05) is 11.6 Å². The number of carbonyl (C=O) groups excluding carboxylic acids is 1. The van der Waals surface area contributed by atoms with Crippen LogP contribution in [0.25, 0.3) is 0 Å². The minimum Gasteiger partial charge on any atom is -0.398 e. The van der Waals surface area contributed by atoms with Gasteiger partial charge in [-0.3, -0.25) is 9.69 Å². The fourth-order valence-electron chi connectivity index (χ4n) is 2.41. The third-order valence-corrected chi connectivity index (χ3v) is 3.63. The molecular formula is C13H18ClN3O. The van der Waals surface area contributed by atoms with E-state index >= 15 is 0 Å². The number of hydrogen-bond donors (Lipinski definition) is 2. The van der Waals surface area contributed by atoms with Crippen LogP contribution in [0.2, 0.25) is 5.02 Å². The number of nitrogen functional groups attached to an aromatic ring is 1. The van der Waals surface area contributed by atoms with Gasteiger partial charge in [-0.2, -0.15) is 0 Å². The third-order valence-electron chi connectivity index (χ3n) is 3.39. The molecule has 0 saturated carbocycles. The number of nitrogens with one attached hydrogen (secondary N) is 1. The number of carbonyl (C=O) groups is 1. The fourth-order valence-corrected chi connectivity index (χ4v) is 2.60. The summed E-state index contributed by atoms with van der Waals surface area (Å²) in [6, 6.07) is 5.41. The van der Waals surface area contributed by atoms with E-state index in [-0.39, 0.29) is 11.9 Å². The van der Waals surface area contributed by atoms with E-state index in [0.717, 1.165) is 30.6 Å². The van der Waals surface area contributed by atoms with Gasteiger partial charge in [-0.15, -0.1) is 0 Å². The predicted molar refractivity (Wildman–Crippen MR) is 73.4 cm³/mol. The van der Waals surface area contributed by atoms with Crippen LogP contribution in [0, 0.1) is 0 Å². The van der Waals surface area contributed by atoms with Crippen molar-refractivity contribution >= 4 is 23.2 Å². The number of halogens is 1. The topological polar surface area (TPSA) is 58.4 Å². The molecule has 1 aromatic rings. The maximum Gasteiger partial charge on any atom is 0.237 e. The number of amides is 1. The van der Waals surface area contributed by atoms with E-state index in [0.29, 0.717) is 11.6 Å². The maximum absolute atomic E-state index is 11.8. The third kappa shape index (κ3) is 2.76. The summed E-state index contributed by atoms with van der Waals surface area (Å²) in [4.78, 5) is 13.9. The minimum absolute atomic E-state index is 0.0478. The summed E-state index contributed by atoms with van der Waals surface area (Å²) in [5.74, 6) is 0.0769. The lowest BCUT2D eigenvalue weighted by atomic mass is 10.1. The lowest BCUT2D eigenvalue weighted by Gasteiger charge is -2.23. The molecule has 2 rings (SSSR count). The van der Waals surface area contributed by atoms with Crippen molar-refractivity contribution in [3.05, 3.63) is 28.8 Å². The van der Waals surface area contributed by atoms with Crippen LogP contribution in [-0.4, -0.2) is 30.4 Å². The van der Waals surface area contributed by atoms with E-state index in [9.17, 15) is 4.79 Å². The van der Waals surface area contributed by atoms with Gasteiger partial charge in [0.05, 0.1) is 6.04 Å². The van der Waals surface area contributed by atoms with Crippen molar-refractivity contribution in [3.63, 3.8) is 0 Å². The van der Waals surface area contributed by atoms with Crippen molar-refractivity contribution in [1.82, 2.24) is 10.2 Å². The second-order valence-electron chi connectivity index (χ2n) is 4.59. The second-order valence-corrected chi connectivity index (χ2v) is 5.02. The number of nitrogens with two attached hydrogens (primary N) is 1. The van der Waals surface area contributed by atoms with Crippen molar-refractivity contribution in [1.29, 1.82) is 0 Å². The standard InChI is InChI=1S/C13H18ClN3O/c1-16-13(18)12-3-2-6-17(12)8-9-7-10(14)4-5-11(9)15/h4-5,7,12H,2-3,6,8,15H2,1H3,(H,16,18). The molecule has 5 heteroatoms. The molecule has 1 heterocycles. The van der Waals surface area contributed by atoms with Crippen LogP contribution in [0.15, 0.2) is 18.2 Å². The van der Waals surface area contributed by atoms with Crippen LogP contribution >= 0.6 is 11.6 Å². The van der Waals surface area contributed by atoms with E-state index in [2.05, 4.69) is 10.2 Å². The average molecular weight is 268 g/mol. The Balaban J connectivity index is 2.13. The molecule has 1 aromatic carbocycles. The molecule has 0 aromatic heterocycles. The molecule has 1 aliphatic rings. The fraction of sp³-hybridized carbons (Fsp3) is 0.462. The number of anilines is 1. The van der Waals surface area contributed by atoms with E-state index < -0.39 is 0 Å². The molecule has 1 atom stereocenters. The van der Waals surface area contributed by atoms with Crippen molar-refractivity contribution in [2.45, 2.75) is 25.4 Å². The largest absolute Gasteiger partial charge is 0.398 e. The van der Waals surface area contributed by atoms with Gasteiger partial charge in [0.15, 0.2) is 0 Å². The molecule has 0 aliphatic carbocycles. The molecule has 1 unspecified atom stereocenters. The zero-order valence-electron chi connectivity index (χ0n) is 10.4. The Hall–Kier alpha value is -1.26. The minimum atomic E-state index is -0.0478. The smallest absolute Gasteiger partial charge is 0.237 e. The van der Waals surface area contributed by atoms with Gasteiger partial charge in [0.2, 0.25) is 5.91 Å². The molecule has 4 nitrogen and oxygen atoms in total. The Morgan fingerprint density at radius 2 is 2.39 bits per heavy atom. The summed E-state index contributed by atoms with van der Waals surface area (Å²) >= 11 is 5.98. The Morgan fingerprint density at radius 1 is 1.61 bits per heavy atom. The maximum atomic E-state index is 11.8. The first-order chi connectivity index (χ1) is 8.61. The number of likely N-dealkylation sites (N-methyl/N-ethyl adjacent to an activating group) is 1. The van der Waals surface area contributed by atoms with Gasteiger partial charge in [-0.25, -0.2) is 0 Å². The van der Waals surface area contributed by atoms with E-state index in [4.69, 9.17) is 17.3 Å². The van der Waals surface area contributed by atoms with Crippen molar-refractivity contribution in [3.8, 4) is 0 Å². The lowest BCUT2D eigenvalue weighted by Crippen LogP contribution is -2.41. The number of likely N-dealkylation sites (tertiary alicyclic amines) is 1. The average Bonchev–Trinajstić information content (AvgIpc) is 2.81. The molecule has 1 amide bonds. The van der Waals surface area contributed by atoms with Gasteiger partial charge in [0, 0.05) is 24.3 Å². The normalized spacial score (nSPS) is 20.0. The zero-order chi connectivity index (χ0) is 13.1. The molecule has 1 saturated heterocycles. The summed E-state index contributed by atoms with van der Waals surface area (Å²) in [5, 5.41) is 3.39. The van der Waals surface area contributed by atoms with Gasteiger partial charge in [0.25, 0.3) is 0 Å². The first-order valence-electron chi connectivity index (χ1n) is 6.11. The van der Waals surface area contributed by atoms with Gasteiger partial charge >= 0.3 is 0 Å². The molecule has 1 aliphatic heterocycles. The number of benzene rings is 1. The lowest BCUT2D eigenvalue weighted by molar-refractivity contribution is -0.125. The molecule has 3 N–H and O–H groups in total. The van der Waals surface area contributed by atoms with Crippen LogP contribution in [0.4, 0.5) is 5.69 Å². The van der Waals surface area contributed by atoms with Gasteiger partial charge in [-0.05, 0) is 43.1 Å². The molecule has 0 radical (unpaired) electrons. The van der Waals surface area contributed by atoms with Crippen molar-refractivity contribution in [2.75, 3.05) is 19.3 Å². The van der Waals surface area contributed by atoms with Crippen LogP contribution in [-0.2, 0) is 11.3 Å². The van der Waals surface area contributed by atoms with Crippen LogP contribution in [0.3, 0.4) is 0 Å². The highest BCUT2D eigenvalue weighted by molar-refractivity contribution is 6.30. The molecule has 98 valence electrons. The summed E-state index contributed by atoms with van der Waals surface area (Å²) in [6.07, 6.45) is 1.94. The summed E-state index contributed by atoms with van der Waals surface area (Å²) in [6.45, 7) is 1.59. The second kappa shape index (κ2) is 5.59. The summed E-state index contributed by atoms with van der Waals surface area (Å²) in [5.41, 5.74) is 7.64. The quantitative estimate of drug-likeness (QED) is 0.819. The highest BCUT2D eigenvalue weighted by Crippen LogP contribution is 2.24. The highest BCUT2D eigenvalue weighted by atomic mass is 35.5. The first kappa shape index (κ1) is 13.2. The monoisotopic (exact) mass is 267 g/mol. The van der Waals surface area contributed by atoms with Crippen molar-refractivity contribution in [2.24, 2.45) is 0 Å².